The predicted octanol–water partition coefficient (Wildman–Crippen LogP) is 2.91. The number of benzene rings is 1. The molecule has 0 unspecified atom stereocenters. The van der Waals surface area contributed by atoms with Gasteiger partial charge in [-0.3, -0.25) is 14.2 Å². The van der Waals surface area contributed by atoms with Gasteiger partial charge in [-0.25, -0.2) is 9.37 Å². The molecule has 1 amide bonds. The first-order valence-electron chi connectivity index (χ1n) is 9.64. The topological polar surface area (TPSA) is 81.2 Å². The summed E-state index contributed by atoms with van der Waals surface area (Å²) in [5, 5.41) is 0. The fourth-order valence-corrected chi connectivity index (χ4v) is 3.90. The van der Waals surface area contributed by atoms with Gasteiger partial charge in [-0.15, -0.1) is 0 Å². The second-order valence-electron chi connectivity index (χ2n) is 7.75. The summed E-state index contributed by atoms with van der Waals surface area (Å²) < 4.78 is 54.1. The standard InChI is InChI=1S/C20H20F4N4O2/c21-14-7-8-27(10-14)19-26-15(18(25)30)9-16(29)28(19)17(11-1-2-11)12-3-5-13(6-4-12)20(22,23)24/h3-6,9,11,14,17H,1-2,7-8,10H2,(H2,25,30)/t14-,17+/m0/s1. The summed E-state index contributed by atoms with van der Waals surface area (Å²) in [6.45, 7) is 0.319. The molecule has 160 valence electrons. The van der Waals surface area contributed by atoms with Crippen molar-refractivity contribution >= 4 is 11.9 Å². The predicted molar refractivity (Wildman–Crippen MR) is 101 cm³/mol. The summed E-state index contributed by atoms with van der Waals surface area (Å²) >= 11 is 0. The van der Waals surface area contributed by atoms with E-state index in [1.807, 2.05) is 0 Å². The number of aromatic nitrogens is 2. The van der Waals surface area contributed by atoms with Gasteiger partial charge in [0.05, 0.1) is 18.2 Å². The number of nitrogens with two attached hydrogens (primary N) is 1. The fraction of sp³-hybridized carbons (Fsp3) is 0.450. The Kier molecular flexibility index (Phi) is 5.03. The van der Waals surface area contributed by atoms with Crippen LogP contribution >= 0.6 is 0 Å². The van der Waals surface area contributed by atoms with Crippen molar-refractivity contribution < 1.29 is 22.4 Å². The van der Waals surface area contributed by atoms with Crippen molar-refractivity contribution in [1.29, 1.82) is 0 Å². The molecule has 0 radical (unpaired) electrons. The number of carbonyl (C=O) groups is 1. The van der Waals surface area contributed by atoms with Crippen LogP contribution in [0.25, 0.3) is 0 Å². The highest BCUT2D eigenvalue weighted by atomic mass is 19.4. The maximum atomic E-state index is 13.8. The Labute approximate surface area is 169 Å². The molecule has 1 saturated heterocycles. The molecule has 1 aliphatic carbocycles. The third-order valence-corrected chi connectivity index (χ3v) is 5.53. The number of anilines is 1. The summed E-state index contributed by atoms with van der Waals surface area (Å²) in [4.78, 5) is 30.4. The van der Waals surface area contributed by atoms with Gasteiger partial charge >= 0.3 is 6.18 Å². The van der Waals surface area contributed by atoms with E-state index in [-0.39, 0.29) is 30.5 Å². The van der Waals surface area contributed by atoms with Gasteiger partial charge in [0.15, 0.2) is 0 Å². The molecular weight excluding hydrogens is 404 g/mol. The van der Waals surface area contributed by atoms with Crippen LogP contribution in [0.5, 0.6) is 0 Å². The van der Waals surface area contributed by atoms with E-state index >= 15 is 0 Å². The Morgan fingerprint density at radius 2 is 1.83 bits per heavy atom. The smallest absolute Gasteiger partial charge is 0.364 e. The summed E-state index contributed by atoms with van der Waals surface area (Å²) in [6, 6.07) is 5.12. The molecule has 1 aromatic carbocycles. The summed E-state index contributed by atoms with van der Waals surface area (Å²) in [7, 11) is 0. The van der Waals surface area contributed by atoms with Crippen LogP contribution in [0.4, 0.5) is 23.5 Å². The van der Waals surface area contributed by atoms with E-state index in [0.717, 1.165) is 31.0 Å². The van der Waals surface area contributed by atoms with Gasteiger partial charge in [-0.05, 0) is 42.9 Å². The molecule has 1 saturated carbocycles. The number of primary amides is 1. The second kappa shape index (κ2) is 7.41. The summed E-state index contributed by atoms with van der Waals surface area (Å²) in [6.07, 6.45) is -3.73. The summed E-state index contributed by atoms with van der Waals surface area (Å²) in [5.74, 6) is -0.731. The van der Waals surface area contributed by atoms with Gasteiger partial charge in [0.2, 0.25) is 5.95 Å². The van der Waals surface area contributed by atoms with Crippen molar-refractivity contribution in [1.82, 2.24) is 9.55 Å². The zero-order valence-electron chi connectivity index (χ0n) is 15.9. The van der Waals surface area contributed by atoms with Gasteiger partial charge in [0.25, 0.3) is 11.5 Å². The fourth-order valence-electron chi connectivity index (χ4n) is 3.90. The van der Waals surface area contributed by atoms with Crippen LogP contribution in [-0.2, 0) is 6.18 Å². The zero-order chi connectivity index (χ0) is 21.6. The molecule has 2 fully saturated rings. The number of amides is 1. The molecule has 0 spiro atoms. The van der Waals surface area contributed by atoms with E-state index in [1.54, 1.807) is 4.90 Å². The van der Waals surface area contributed by atoms with E-state index in [4.69, 9.17) is 5.73 Å². The molecule has 2 atom stereocenters. The average molecular weight is 424 g/mol. The Morgan fingerprint density at radius 1 is 1.17 bits per heavy atom. The molecule has 4 rings (SSSR count). The average Bonchev–Trinajstić information content (AvgIpc) is 3.42. The van der Waals surface area contributed by atoms with Gasteiger partial charge in [-0.2, -0.15) is 13.2 Å². The van der Waals surface area contributed by atoms with Crippen molar-refractivity contribution in [2.45, 2.75) is 37.7 Å². The van der Waals surface area contributed by atoms with Crippen LogP contribution in [-0.4, -0.2) is 34.7 Å². The lowest BCUT2D eigenvalue weighted by molar-refractivity contribution is -0.137. The Morgan fingerprint density at radius 3 is 2.33 bits per heavy atom. The molecule has 10 heteroatoms. The van der Waals surface area contributed by atoms with Crippen LogP contribution in [0.15, 0.2) is 35.1 Å². The molecule has 2 aliphatic rings. The highest BCUT2D eigenvalue weighted by Gasteiger charge is 2.38. The minimum Gasteiger partial charge on any atom is -0.364 e. The molecule has 1 aromatic heterocycles. The number of carbonyl (C=O) groups excluding carboxylic acids is 1. The van der Waals surface area contributed by atoms with Crippen LogP contribution in [0.1, 0.15) is 46.9 Å². The molecule has 6 nitrogen and oxygen atoms in total. The minimum absolute atomic E-state index is 0.0129. The Hall–Kier alpha value is -2.91. The van der Waals surface area contributed by atoms with Crippen LogP contribution < -0.4 is 16.2 Å². The quantitative estimate of drug-likeness (QED) is 0.749. The first kappa shape index (κ1) is 20.4. The largest absolute Gasteiger partial charge is 0.416 e. The highest BCUT2D eigenvalue weighted by Crippen LogP contribution is 2.44. The number of hydrogen-bond acceptors (Lipinski definition) is 4. The normalized spacial score (nSPS) is 20.4. The van der Waals surface area contributed by atoms with Crippen molar-refractivity contribution in [2.75, 3.05) is 18.0 Å². The molecule has 2 N–H and O–H groups in total. The van der Waals surface area contributed by atoms with E-state index in [1.165, 1.54) is 16.7 Å². The lowest BCUT2D eigenvalue weighted by Gasteiger charge is -2.28. The van der Waals surface area contributed by atoms with Crippen LogP contribution in [0.3, 0.4) is 0 Å². The van der Waals surface area contributed by atoms with E-state index in [0.29, 0.717) is 12.1 Å². The Bertz CT molecular complexity index is 1010. The lowest BCUT2D eigenvalue weighted by atomic mass is 10.00. The van der Waals surface area contributed by atoms with Crippen molar-refractivity contribution in [3.05, 3.63) is 57.5 Å². The SMILES string of the molecule is NC(=O)c1cc(=O)n([C@@H](c2ccc(C(F)(F)F)cc2)C2CC2)c(N2CC[C@H](F)C2)n1. The number of rotatable bonds is 5. The first-order chi connectivity index (χ1) is 14.1. The minimum atomic E-state index is -4.47. The molecule has 1 aliphatic heterocycles. The molecule has 2 aromatic rings. The molecular formula is C20H20F4N4O2. The van der Waals surface area contributed by atoms with E-state index < -0.39 is 35.4 Å². The maximum absolute atomic E-state index is 13.8. The number of hydrogen-bond donors (Lipinski definition) is 1. The molecule has 30 heavy (non-hydrogen) atoms. The lowest BCUT2D eigenvalue weighted by Crippen LogP contribution is -2.36. The van der Waals surface area contributed by atoms with Crippen LogP contribution in [0.2, 0.25) is 0 Å². The maximum Gasteiger partial charge on any atom is 0.416 e. The number of halogens is 4. The van der Waals surface area contributed by atoms with E-state index in [9.17, 15) is 27.2 Å². The molecule has 2 heterocycles. The molecule has 0 bridgehead atoms. The van der Waals surface area contributed by atoms with E-state index in [2.05, 4.69) is 4.98 Å². The van der Waals surface area contributed by atoms with Gasteiger partial charge in [0, 0.05) is 12.6 Å². The zero-order valence-corrected chi connectivity index (χ0v) is 15.9. The van der Waals surface area contributed by atoms with Gasteiger partial charge in [0.1, 0.15) is 11.9 Å². The highest BCUT2D eigenvalue weighted by molar-refractivity contribution is 5.90. The number of nitrogens with zero attached hydrogens (tertiary/aromatic N) is 3. The van der Waals surface area contributed by atoms with Crippen molar-refractivity contribution in [2.24, 2.45) is 11.7 Å². The van der Waals surface area contributed by atoms with Crippen LogP contribution in [0, 0.1) is 5.92 Å². The van der Waals surface area contributed by atoms with Crippen molar-refractivity contribution in [3.8, 4) is 0 Å². The second-order valence-corrected chi connectivity index (χ2v) is 7.75. The Balaban J connectivity index is 1.83. The van der Waals surface area contributed by atoms with Crippen molar-refractivity contribution in [3.63, 3.8) is 0 Å². The monoisotopic (exact) mass is 424 g/mol. The van der Waals surface area contributed by atoms with Gasteiger partial charge in [-0.1, -0.05) is 12.1 Å². The third-order valence-electron chi connectivity index (χ3n) is 5.53. The summed E-state index contributed by atoms with van der Waals surface area (Å²) in [5.41, 5.74) is 4.27. The third kappa shape index (κ3) is 3.90. The number of alkyl halides is 4. The first-order valence-corrected chi connectivity index (χ1v) is 9.64. The van der Waals surface area contributed by atoms with Gasteiger partial charge < -0.3 is 10.6 Å².